The van der Waals surface area contributed by atoms with Crippen molar-refractivity contribution in [3.8, 4) is 0 Å². The number of carbonyl (C=O) groups excluding carboxylic acids is 1. The summed E-state index contributed by atoms with van der Waals surface area (Å²) in [6.07, 6.45) is 24.1. The first-order valence-corrected chi connectivity index (χ1v) is 10.1. The van der Waals surface area contributed by atoms with Gasteiger partial charge in [0.25, 0.3) is 0 Å². The molecule has 1 rings (SSSR count). The van der Waals surface area contributed by atoms with Crippen LogP contribution in [0, 0.1) is 0 Å². The first-order chi connectivity index (χ1) is 11.9. The lowest BCUT2D eigenvalue weighted by atomic mass is 10.1. The highest BCUT2D eigenvalue weighted by Crippen LogP contribution is 2.11. The molecule has 2 heteroatoms. The third-order valence-corrected chi connectivity index (χ3v) is 4.60. The maximum atomic E-state index is 10.6. The minimum absolute atomic E-state index is 0.694. The molecule has 1 aromatic heterocycles. The smallest absolute Gasteiger partial charge is 0.166 e. The number of carbonyl (C=O) groups is 1. The monoisotopic (exact) mass is 331 g/mol. The van der Waals surface area contributed by atoms with E-state index in [1.54, 1.807) is 0 Å². The van der Waals surface area contributed by atoms with Gasteiger partial charge in [0.1, 0.15) is 0 Å². The van der Waals surface area contributed by atoms with Crippen LogP contribution in [-0.4, -0.2) is 11.3 Å². The van der Waals surface area contributed by atoms with Crippen molar-refractivity contribution in [1.82, 2.24) is 4.98 Å². The fraction of sp³-hybridized carbons (Fsp3) is 0.682. The maximum absolute atomic E-state index is 10.6. The Balaban J connectivity index is 1.81. The summed E-state index contributed by atoms with van der Waals surface area (Å²) in [7, 11) is 0. The van der Waals surface area contributed by atoms with Crippen molar-refractivity contribution in [2.75, 3.05) is 0 Å². The van der Waals surface area contributed by atoms with Gasteiger partial charge in [-0.15, -0.1) is 0 Å². The third-order valence-electron chi connectivity index (χ3n) is 4.60. The molecule has 0 saturated carbocycles. The molecule has 1 aromatic rings. The molecule has 0 aliphatic carbocycles. The minimum Gasteiger partial charge on any atom is -0.356 e. The summed E-state index contributed by atoms with van der Waals surface area (Å²) in [5.41, 5.74) is 1.89. The van der Waals surface area contributed by atoms with E-state index in [9.17, 15) is 4.79 Å². The Morgan fingerprint density at radius 1 is 0.792 bits per heavy atom. The highest BCUT2D eigenvalue weighted by molar-refractivity contribution is 5.71. The van der Waals surface area contributed by atoms with Gasteiger partial charge in [-0.1, -0.05) is 70.4 Å². The normalized spacial score (nSPS) is 11.4. The highest BCUT2D eigenvalue weighted by atomic mass is 16.1. The number of aldehydes is 1. The molecule has 0 saturated heterocycles. The van der Waals surface area contributed by atoms with Crippen LogP contribution in [0.25, 0.3) is 0 Å². The molecule has 24 heavy (non-hydrogen) atoms. The van der Waals surface area contributed by atoms with Gasteiger partial charge in [-0.3, -0.25) is 4.79 Å². The standard InChI is InChI=1S/C22H37NO/c1-2-3-4-5-6-7-8-9-10-11-12-13-14-15-16-17-21-18-19-22(20-24)23-21/h8-9,18-20,23H,2-7,10-17H2,1H3/b9-8-. The zero-order chi connectivity index (χ0) is 17.3. The quantitative estimate of drug-likeness (QED) is 0.197. The molecule has 0 bridgehead atoms. The highest BCUT2D eigenvalue weighted by Gasteiger charge is 1.97. The Bertz CT molecular complexity index is 433. The van der Waals surface area contributed by atoms with Crippen molar-refractivity contribution in [2.24, 2.45) is 0 Å². The van der Waals surface area contributed by atoms with E-state index in [2.05, 4.69) is 24.1 Å². The van der Waals surface area contributed by atoms with Gasteiger partial charge >= 0.3 is 0 Å². The number of H-pyrrole nitrogens is 1. The number of hydrogen-bond donors (Lipinski definition) is 1. The Kier molecular flexibility index (Phi) is 13.2. The molecule has 0 radical (unpaired) electrons. The predicted molar refractivity (Wildman–Crippen MR) is 105 cm³/mol. The molecule has 1 heterocycles. The van der Waals surface area contributed by atoms with E-state index in [1.807, 2.05) is 12.1 Å². The van der Waals surface area contributed by atoms with Crippen molar-refractivity contribution in [2.45, 2.75) is 96.8 Å². The summed E-state index contributed by atoms with van der Waals surface area (Å²) in [4.78, 5) is 13.7. The second kappa shape index (κ2) is 15.2. The summed E-state index contributed by atoms with van der Waals surface area (Å²) in [6.45, 7) is 2.27. The van der Waals surface area contributed by atoms with Crippen LogP contribution in [0.4, 0.5) is 0 Å². The number of aromatic nitrogens is 1. The Labute approximate surface area is 149 Å². The molecular weight excluding hydrogens is 294 g/mol. The van der Waals surface area contributed by atoms with Gasteiger partial charge in [-0.25, -0.2) is 0 Å². The molecule has 0 atom stereocenters. The Hall–Kier alpha value is -1.31. The molecule has 0 fully saturated rings. The van der Waals surface area contributed by atoms with E-state index in [0.29, 0.717) is 5.69 Å². The summed E-state index contributed by atoms with van der Waals surface area (Å²) in [5, 5.41) is 0. The van der Waals surface area contributed by atoms with Crippen LogP contribution in [0.2, 0.25) is 0 Å². The summed E-state index contributed by atoms with van der Waals surface area (Å²) in [6, 6.07) is 3.89. The lowest BCUT2D eigenvalue weighted by Gasteiger charge is -2.01. The molecule has 0 aliphatic rings. The van der Waals surface area contributed by atoms with E-state index in [4.69, 9.17) is 0 Å². The second-order valence-electron chi connectivity index (χ2n) is 6.89. The first-order valence-electron chi connectivity index (χ1n) is 10.1. The van der Waals surface area contributed by atoms with Crippen molar-refractivity contribution in [3.63, 3.8) is 0 Å². The molecule has 0 spiro atoms. The van der Waals surface area contributed by atoms with Crippen LogP contribution >= 0.6 is 0 Å². The third kappa shape index (κ3) is 11.3. The number of nitrogens with one attached hydrogen (secondary N) is 1. The van der Waals surface area contributed by atoms with Gasteiger partial charge < -0.3 is 4.98 Å². The fourth-order valence-electron chi connectivity index (χ4n) is 3.06. The SMILES string of the molecule is CCCCCCC/C=C\CCCCCCCCc1ccc(C=O)[nH]1. The summed E-state index contributed by atoms with van der Waals surface area (Å²) < 4.78 is 0. The van der Waals surface area contributed by atoms with E-state index in [-0.39, 0.29) is 0 Å². The van der Waals surface area contributed by atoms with E-state index < -0.39 is 0 Å². The molecule has 0 aromatic carbocycles. The van der Waals surface area contributed by atoms with Gasteiger partial charge in [-0.05, 0) is 50.7 Å². The molecule has 0 unspecified atom stereocenters. The minimum atomic E-state index is 0.694. The lowest BCUT2D eigenvalue weighted by Crippen LogP contribution is -1.87. The van der Waals surface area contributed by atoms with Crippen molar-refractivity contribution >= 4 is 6.29 Å². The number of rotatable bonds is 16. The lowest BCUT2D eigenvalue weighted by molar-refractivity contribution is 0.111. The predicted octanol–water partition coefficient (Wildman–Crippen LogP) is 7.02. The zero-order valence-corrected chi connectivity index (χ0v) is 15.7. The molecule has 0 aliphatic heterocycles. The average molecular weight is 332 g/mol. The van der Waals surface area contributed by atoms with Crippen LogP contribution in [0.5, 0.6) is 0 Å². The first kappa shape index (κ1) is 20.7. The zero-order valence-electron chi connectivity index (χ0n) is 15.7. The number of allylic oxidation sites excluding steroid dienone is 2. The van der Waals surface area contributed by atoms with Crippen molar-refractivity contribution < 1.29 is 4.79 Å². The summed E-state index contributed by atoms with van der Waals surface area (Å²) >= 11 is 0. The maximum Gasteiger partial charge on any atom is 0.166 e. The number of aromatic amines is 1. The molecule has 1 N–H and O–H groups in total. The molecular formula is C22H37NO. The van der Waals surface area contributed by atoms with Gasteiger partial charge in [0, 0.05) is 5.69 Å². The number of hydrogen-bond acceptors (Lipinski definition) is 1. The van der Waals surface area contributed by atoms with Gasteiger partial charge in [0.05, 0.1) is 5.69 Å². The van der Waals surface area contributed by atoms with Crippen molar-refractivity contribution in [1.29, 1.82) is 0 Å². The van der Waals surface area contributed by atoms with Crippen molar-refractivity contribution in [3.05, 3.63) is 35.7 Å². The van der Waals surface area contributed by atoms with E-state index >= 15 is 0 Å². The van der Waals surface area contributed by atoms with E-state index in [1.165, 1.54) is 89.2 Å². The molecule has 2 nitrogen and oxygen atoms in total. The van der Waals surface area contributed by atoms with Crippen LogP contribution in [0.3, 0.4) is 0 Å². The number of unbranched alkanes of at least 4 members (excludes halogenated alkanes) is 11. The Morgan fingerprint density at radius 2 is 1.38 bits per heavy atom. The largest absolute Gasteiger partial charge is 0.356 e. The van der Waals surface area contributed by atoms with Gasteiger partial charge in [0.15, 0.2) is 6.29 Å². The fourth-order valence-corrected chi connectivity index (χ4v) is 3.06. The number of aryl methyl sites for hydroxylation is 1. The van der Waals surface area contributed by atoms with Crippen LogP contribution in [0.15, 0.2) is 24.3 Å². The van der Waals surface area contributed by atoms with Gasteiger partial charge in [-0.2, -0.15) is 0 Å². The topological polar surface area (TPSA) is 32.9 Å². The summed E-state index contributed by atoms with van der Waals surface area (Å²) in [5.74, 6) is 0. The average Bonchev–Trinajstić information content (AvgIpc) is 3.06. The van der Waals surface area contributed by atoms with Crippen LogP contribution in [0.1, 0.15) is 107 Å². The molecule has 0 amide bonds. The molecule has 136 valence electrons. The van der Waals surface area contributed by atoms with Crippen LogP contribution in [-0.2, 0) is 6.42 Å². The van der Waals surface area contributed by atoms with Crippen LogP contribution < -0.4 is 0 Å². The van der Waals surface area contributed by atoms with E-state index in [0.717, 1.165) is 12.7 Å². The van der Waals surface area contributed by atoms with Gasteiger partial charge in [0.2, 0.25) is 0 Å². The second-order valence-corrected chi connectivity index (χ2v) is 6.89. The Morgan fingerprint density at radius 3 is 1.96 bits per heavy atom.